The smallest absolute Gasteiger partial charge is 0.244 e. The lowest BCUT2D eigenvalue weighted by molar-refractivity contribution is -0.152. The molecule has 6 rings (SSSR count). The van der Waals surface area contributed by atoms with Crippen molar-refractivity contribution in [3.63, 3.8) is 0 Å². The number of hydrogen-bond acceptors (Lipinski definition) is 5. The van der Waals surface area contributed by atoms with Crippen LogP contribution in [0.15, 0.2) is 36.5 Å². The number of hydrogen-bond donors (Lipinski definition) is 3. The standard InChI is InChI=1S/C29H35N5O3/c1-27(2)26(37)34(28(18-31-27)11-5-3-4-6-12-28)17-23(35)32-21-10-9-19-15-29(16-20(19)14-21)22-8-7-13-30-24(22)33-25(29)36/h7-10,13-14,31H,3-6,11-12,15-18H2,1-2H3,(H,32,35)(H,30,33,36)/t29-/m1/s1. The first-order valence-electron chi connectivity index (χ1n) is 13.5. The molecule has 3 N–H and O–H groups in total. The van der Waals surface area contributed by atoms with E-state index < -0.39 is 11.0 Å². The van der Waals surface area contributed by atoms with Crippen LogP contribution in [0, 0.1) is 0 Å². The number of amides is 3. The number of carbonyl (C=O) groups excluding carboxylic acids is 3. The summed E-state index contributed by atoms with van der Waals surface area (Å²) in [5.41, 5.74) is 2.18. The van der Waals surface area contributed by atoms with E-state index in [-0.39, 0.29) is 29.8 Å². The summed E-state index contributed by atoms with van der Waals surface area (Å²) in [7, 11) is 0. The number of anilines is 2. The van der Waals surface area contributed by atoms with Gasteiger partial charge in [0, 0.05) is 24.0 Å². The van der Waals surface area contributed by atoms with Gasteiger partial charge in [0.2, 0.25) is 17.7 Å². The highest BCUT2D eigenvalue weighted by molar-refractivity contribution is 6.06. The van der Waals surface area contributed by atoms with Crippen LogP contribution in [-0.4, -0.2) is 51.8 Å². The van der Waals surface area contributed by atoms with Gasteiger partial charge in [-0.2, -0.15) is 0 Å². The Morgan fingerprint density at radius 1 is 1.05 bits per heavy atom. The third kappa shape index (κ3) is 3.93. The molecule has 37 heavy (non-hydrogen) atoms. The average molecular weight is 502 g/mol. The van der Waals surface area contributed by atoms with Crippen LogP contribution in [0.4, 0.5) is 11.5 Å². The first-order valence-corrected chi connectivity index (χ1v) is 13.5. The molecule has 4 aliphatic rings. The molecule has 1 aromatic carbocycles. The van der Waals surface area contributed by atoms with Gasteiger partial charge in [0.1, 0.15) is 12.4 Å². The van der Waals surface area contributed by atoms with Crippen LogP contribution in [0.25, 0.3) is 0 Å². The molecule has 2 aliphatic carbocycles. The van der Waals surface area contributed by atoms with Gasteiger partial charge in [-0.15, -0.1) is 0 Å². The molecule has 2 spiro atoms. The number of aromatic nitrogens is 1. The minimum absolute atomic E-state index is 0.00813. The zero-order chi connectivity index (χ0) is 25.8. The largest absolute Gasteiger partial charge is 0.325 e. The second kappa shape index (κ2) is 8.65. The summed E-state index contributed by atoms with van der Waals surface area (Å²) in [4.78, 5) is 46.0. The van der Waals surface area contributed by atoms with Crippen LogP contribution in [0.1, 0.15) is 69.1 Å². The van der Waals surface area contributed by atoms with E-state index in [1.165, 1.54) is 12.8 Å². The molecule has 1 atom stereocenters. The number of carbonyl (C=O) groups is 3. The molecule has 8 heteroatoms. The van der Waals surface area contributed by atoms with E-state index in [9.17, 15) is 14.4 Å². The molecule has 2 fully saturated rings. The van der Waals surface area contributed by atoms with Crippen molar-refractivity contribution in [2.75, 3.05) is 23.7 Å². The zero-order valence-corrected chi connectivity index (χ0v) is 21.7. The van der Waals surface area contributed by atoms with Gasteiger partial charge in [-0.3, -0.25) is 14.4 Å². The van der Waals surface area contributed by atoms with Crippen LogP contribution in [-0.2, 0) is 32.6 Å². The van der Waals surface area contributed by atoms with E-state index in [0.717, 1.165) is 48.9 Å². The number of pyridine rings is 1. The number of rotatable bonds is 3. The van der Waals surface area contributed by atoms with Crippen molar-refractivity contribution in [1.29, 1.82) is 0 Å². The Labute approximate surface area is 217 Å². The Morgan fingerprint density at radius 3 is 2.59 bits per heavy atom. The molecular weight excluding hydrogens is 466 g/mol. The summed E-state index contributed by atoms with van der Waals surface area (Å²) in [5, 5.41) is 9.44. The van der Waals surface area contributed by atoms with Crippen molar-refractivity contribution in [2.24, 2.45) is 0 Å². The van der Waals surface area contributed by atoms with E-state index in [0.29, 0.717) is 24.3 Å². The van der Waals surface area contributed by atoms with Gasteiger partial charge >= 0.3 is 0 Å². The number of piperazine rings is 1. The predicted octanol–water partition coefficient (Wildman–Crippen LogP) is 3.31. The first kappa shape index (κ1) is 24.1. The molecule has 1 saturated carbocycles. The van der Waals surface area contributed by atoms with Gasteiger partial charge < -0.3 is 20.9 Å². The van der Waals surface area contributed by atoms with Gasteiger partial charge in [-0.1, -0.05) is 37.8 Å². The lowest BCUT2D eigenvalue weighted by atomic mass is 9.79. The molecule has 0 radical (unpaired) electrons. The van der Waals surface area contributed by atoms with Crippen molar-refractivity contribution in [2.45, 2.75) is 81.7 Å². The van der Waals surface area contributed by atoms with Crippen molar-refractivity contribution < 1.29 is 14.4 Å². The summed E-state index contributed by atoms with van der Waals surface area (Å²) in [6.45, 7) is 4.56. The lowest BCUT2D eigenvalue weighted by Gasteiger charge is -2.52. The fraction of sp³-hybridized carbons (Fsp3) is 0.517. The Balaban J connectivity index is 1.20. The van der Waals surface area contributed by atoms with Gasteiger partial charge in [0.05, 0.1) is 16.5 Å². The summed E-state index contributed by atoms with van der Waals surface area (Å²) < 4.78 is 0. The summed E-state index contributed by atoms with van der Waals surface area (Å²) in [5.74, 6) is 0.433. The minimum atomic E-state index is -0.688. The van der Waals surface area contributed by atoms with Crippen molar-refractivity contribution in [1.82, 2.24) is 15.2 Å². The van der Waals surface area contributed by atoms with Gasteiger partial charge in [-0.25, -0.2) is 4.98 Å². The molecule has 1 aromatic heterocycles. The molecular formula is C29H35N5O3. The number of benzene rings is 1. The van der Waals surface area contributed by atoms with Crippen molar-refractivity contribution in [3.05, 3.63) is 53.2 Å². The average Bonchev–Trinajstić information content (AvgIpc) is 3.27. The Morgan fingerprint density at radius 2 is 1.81 bits per heavy atom. The second-order valence-corrected chi connectivity index (χ2v) is 11.8. The molecule has 0 unspecified atom stereocenters. The third-order valence-electron chi connectivity index (χ3n) is 9.01. The summed E-state index contributed by atoms with van der Waals surface area (Å²) in [6, 6.07) is 9.73. The van der Waals surface area contributed by atoms with Crippen molar-refractivity contribution >= 4 is 29.2 Å². The maximum absolute atomic E-state index is 13.5. The normalized spacial score (nSPS) is 25.5. The molecule has 194 valence electrons. The molecule has 0 bridgehead atoms. The van der Waals surface area contributed by atoms with Crippen LogP contribution < -0.4 is 16.0 Å². The molecule has 3 heterocycles. The second-order valence-electron chi connectivity index (χ2n) is 11.8. The number of nitrogens with zero attached hydrogens (tertiary/aromatic N) is 2. The fourth-order valence-electron chi connectivity index (χ4n) is 6.87. The van der Waals surface area contributed by atoms with E-state index in [1.807, 2.05) is 49.1 Å². The molecule has 8 nitrogen and oxygen atoms in total. The molecule has 2 aliphatic heterocycles. The number of fused-ring (bicyclic) bond motifs is 3. The lowest BCUT2D eigenvalue weighted by Crippen LogP contribution is -2.72. The van der Waals surface area contributed by atoms with Gasteiger partial charge in [-0.05, 0) is 68.9 Å². The highest BCUT2D eigenvalue weighted by Crippen LogP contribution is 2.47. The predicted molar refractivity (Wildman–Crippen MR) is 141 cm³/mol. The fourth-order valence-corrected chi connectivity index (χ4v) is 6.87. The van der Waals surface area contributed by atoms with Crippen LogP contribution >= 0.6 is 0 Å². The van der Waals surface area contributed by atoms with Crippen LogP contribution in [0.5, 0.6) is 0 Å². The maximum Gasteiger partial charge on any atom is 0.244 e. The maximum atomic E-state index is 13.5. The molecule has 1 saturated heterocycles. The van der Waals surface area contributed by atoms with Gasteiger partial charge in [0.15, 0.2) is 0 Å². The van der Waals surface area contributed by atoms with E-state index in [4.69, 9.17) is 0 Å². The van der Waals surface area contributed by atoms with E-state index in [1.54, 1.807) is 6.20 Å². The highest BCUT2D eigenvalue weighted by Gasteiger charge is 2.51. The van der Waals surface area contributed by atoms with Gasteiger partial charge in [0.25, 0.3) is 0 Å². The summed E-state index contributed by atoms with van der Waals surface area (Å²) >= 11 is 0. The Bertz CT molecular complexity index is 1280. The topological polar surface area (TPSA) is 103 Å². The first-order chi connectivity index (χ1) is 17.7. The monoisotopic (exact) mass is 501 g/mol. The zero-order valence-electron chi connectivity index (χ0n) is 21.7. The minimum Gasteiger partial charge on any atom is -0.325 e. The SMILES string of the molecule is CC1(C)NCC2(CCCCCC2)N(CC(=O)Nc2ccc3c(c2)C[C@@]2(C3)C(=O)Nc3ncccc32)C1=O. The quantitative estimate of drug-likeness (QED) is 0.599. The summed E-state index contributed by atoms with van der Waals surface area (Å²) in [6.07, 6.45) is 9.24. The van der Waals surface area contributed by atoms with Crippen molar-refractivity contribution in [3.8, 4) is 0 Å². The van der Waals surface area contributed by atoms with E-state index >= 15 is 0 Å². The Hall–Kier alpha value is -3.26. The van der Waals surface area contributed by atoms with E-state index in [2.05, 4.69) is 20.9 Å². The third-order valence-corrected chi connectivity index (χ3v) is 9.01. The van der Waals surface area contributed by atoms with Crippen LogP contribution in [0.3, 0.4) is 0 Å². The highest BCUT2D eigenvalue weighted by atomic mass is 16.2. The number of nitrogens with one attached hydrogen (secondary N) is 3. The Kier molecular flexibility index (Phi) is 5.64. The van der Waals surface area contributed by atoms with Crippen LogP contribution in [0.2, 0.25) is 0 Å². The molecule has 3 amide bonds. The molecule has 2 aromatic rings.